The Morgan fingerprint density at radius 2 is 1.68 bits per heavy atom. The van der Waals surface area contributed by atoms with E-state index in [-0.39, 0.29) is 17.5 Å². The molecule has 6 rings (SSSR count). The lowest BCUT2D eigenvalue weighted by atomic mass is 9.39. The van der Waals surface area contributed by atoms with Gasteiger partial charge in [0, 0.05) is 25.7 Å². The van der Waals surface area contributed by atoms with Crippen molar-refractivity contribution in [1.29, 1.82) is 0 Å². The number of benzene rings is 2. The molecule has 2 aromatic rings. The number of esters is 1. The van der Waals surface area contributed by atoms with Crippen LogP contribution in [-0.2, 0) is 19.9 Å². The first-order chi connectivity index (χ1) is 16.6. The highest BCUT2D eigenvalue weighted by Crippen LogP contribution is 2.73. The molecule has 2 aromatic carbocycles. The number of hydrogen-bond donors (Lipinski definition) is 0. The molecule has 2 aliphatic carbocycles. The molecular weight excluding hydrogens is 446 g/mol. The molecule has 34 heavy (non-hydrogen) atoms. The molecule has 5 atom stereocenters. The number of hydrogen-bond acceptors (Lipinski definition) is 3. The number of fused-ring (bicyclic) bond motifs is 2. The highest BCUT2D eigenvalue weighted by molar-refractivity contribution is 6.19. The van der Waals surface area contributed by atoms with E-state index in [1.807, 2.05) is 60.7 Å². The Hall–Kier alpha value is -1.88. The van der Waals surface area contributed by atoms with E-state index in [9.17, 15) is 4.79 Å². The maximum atomic E-state index is 14.3. The van der Waals surface area contributed by atoms with Crippen molar-refractivity contribution in [3.63, 3.8) is 0 Å². The lowest BCUT2D eigenvalue weighted by Crippen LogP contribution is -2.94. The zero-order valence-corrected chi connectivity index (χ0v) is 20.8. The van der Waals surface area contributed by atoms with Gasteiger partial charge in [0.05, 0.1) is 13.1 Å². The Labute approximate surface area is 207 Å². The maximum absolute atomic E-state index is 14.3. The Morgan fingerprint density at radius 3 is 2.18 bits per heavy atom. The lowest BCUT2D eigenvalue weighted by Gasteiger charge is -2.80. The molecule has 0 N–H and O–H groups in total. The number of nitrogens with zero attached hydrogens (tertiary/aromatic N) is 1. The van der Waals surface area contributed by atoms with Crippen molar-refractivity contribution in [3.8, 4) is 0 Å². The van der Waals surface area contributed by atoms with Crippen LogP contribution in [0.4, 0.5) is 0 Å². The zero-order valence-electron chi connectivity index (χ0n) is 20.0. The number of piperidine rings is 2. The third-order valence-corrected chi connectivity index (χ3v) is 9.79. The van der Waals surface area contributed by atoms with Crippen LogP contribution in [0, 0.1) is 5.41 Å². The molecule has 2 aliphatic heterocycles. The molecule has 180 valence electrons. The Morgan fingerprint density at radius 1 is 1.06 bits per heavy atom. The number of ether oxygens (including phenoxy) is 2. The molecule has 0 aromatic heterocycles. The fourth-order valence-electron chi connectivity index (χ4n) is 7.95. The Bertz CT molecular complexity index is 988. The molecule has 5 unspecified atom stereocenters. The van der Waals surface area contributed by atoms with E-state index in [1.54, 1.807) is 0 Å². The van der Waals surface area contributed by atoms with Crippen LogP contribution in [-0.4, -0.2) is 47.3 Å². The minimum atomic E-state index is -1.38. The lowest BCUT2D eigenvalue weighted by molar-refractivity contribution is -1.05. The van der Waals surface area contributed by atoms with Gasteiger partial charge in [-0.15, -0.1) is 0 Å². The summed E-state index contributed by atoms with van der Waals surface area (Å²) < 4.78 is 14.3. The first kappa shape index (κ1) is 22.6. The van der Waals surface area contributed by atoms with Crippen molar-refractivity contribution in [2.75, 3.05) is 13.1 Å². The summed E-state index contributed by atoms with van der Waals surface area (Å²) in [5.41, 5.74) is -0.229. The van der Waals surface area contributed by atoms with Gasteiger partial charge in [-0.25, -0.2) is 4.79 Å². The normalized spacial score (nSPS) is 31.4. The van der Waals surface area contributed by atoms with Crippen LogP contribution in [0.5, 0.6) is 0 Å². The van der Waals surface area contributed by atoms with Crippen molar-refractivity contribution >= 4 is 17.6 Å². The molecule has 5 heteroatoms. The van der Waals surface area contributed by atoms with Crippen molar-refractivity contribution in [3.05, 3.63) is 71.8 Å². The van der Waals surface area contributed by atoms with Crippen molar-refractivity contribution in [2.45, 2.75) is 81.2 Å². The zero-order chi connectivity index (χ0) is 23.4. The Kier molecular flexibility index (Phi) is 5.55. The summed E-state index contributed by atoms with van der Waals surface area (Å²) in [7, 11) is 0. The molecule has 0 radical (unpaired) electrons. The average molecular weight is 481 g/mol. The monoisotopic (exact) mass is 480 g/mol. The standard InChI is InChI=1S/C29H35ClNO3/c1-2-11-26(30)34-29(21-12-5-3-6-13-21,22-14-7-4-8-15-22)27(32)33-25-20-24-28(25)17-16-23(28)31(24)18-9-10-19-31/h3-8,12-15,23-26H,2,9-11,16-20H2,1H3/q+1. The molecule has 2 spiro atoms. The SMILES string of the molecule is CCCC(Cl)OC(C(=O)OC1CC2C13CCC3[N+]21CCCC1)(c1ccccc1)c1ccccc1. The summed E-state index contributed by atoms with van der Waals surface area (Å²) in [4.78, 5) is 14.3. The van der Waals surface area contributed by atoms with E-state index in [2.05, 4.69) is 6.92 Å². The van der Waals surface area contributed by atoms with Crippen LogP contribution in [0.2, 0.25) is 0 Å². The molecule has 0 bridgehead atoms. The third-order valence-electron chi connectivity index (χ3n) is 9.49. The van der Waals surface area contributed by atoms with Crippen LogP contribution >= 0.6 is 11.6 Å². The van der Waals surface area contributed by atoms with Gasteiger partial charge in [0.2, 0.25) is 5.60 Å². The summed E-state index contributed by atoms with van der Waals surface area (Å²) in [6, 6.07) is 20.9. The fourth-order valence-corrected chi connectivity index (χ4v) is 8.31. The molecule has 4 aliphatic rings. The summed E-state index contributed by atoms with van der Waals surface area (Å²) >= 11 is 6.67. The smallest absolute Gasteiger partial charge is 0.348 e. The third kappa shape index (κ3) is 2.95. The van der Waals surface area contributed by atoms with Crippen LogP contribution in [0.15, 0.2) is 60.7 Å². The fraction of sp³-hybridized carbons (Fsp3) is 0.552. The molecular formula is C29H35ClNO3+. The average Bonchev–Trinajstić information content (AvgIpc) is 3.30. The minimum absolute atomic E-state index is 0.0107. The van der Waals surface area contributed by atoms with Gasteiger partial charge in [0.15, 0.2) is 0 Å². The first-order valence-corrected chi connectivity index (χ1v) is 13.5. The van der Waals surface area contributed by atoms with Crippen LogP contribution in [0.1, 0.15) is 63.0 Å². The van der Waals surface area contributed by atoms with Gasteiger partial charge in [0.1, 0.15) is 29.2 Å². The number of alkyl halides is 1. The molecule has 2 saturated carbocycles. The molecule has 2 heterocycles. The van der Waals surface area contributed by atoms with E-state index in [4.69, 9.17) is 21.1 Å². The van der Waals surface area contributed by atoms with E-state index in [0.717, 1.165) is 24.0 Å². The van der Waals surface area contributed by atoms with E-state index < -0.39 is 11.2 Å². The summed E-state index contributed by atoms with van der Waals surface area (Å²) in [5, 5.41) is 0. The van der Waals surface area contributed by atoms with Gasteiger partial charge < -0.3 is 14.0 Å². The second-order valence-electron chi connectivity index (χ2n) is 10.8. The van der Waals surface area contributed by atoms with Gasteiger partial charge in [-0.05, 0) is 24.0 Å². The van der Waals surface area contributed by atoms with Gasteiger partial charge in [-0.3, -0.25) is 0 Å². The van der Waals surface area contributed by atoms with Gasteiger partial charge in [0.25, 0.3) is 0 Å². The molecule has 2 saturated heterocycles. The van der Waals surface area contributed by atoms with Crippen LogP contribution < -0.4 is 0 Å². The van der Waals surface area contributed by atoms with E-state index in [1.165, 1.54) is 43.3 Å². The maximum Gasteiger partial charge on any atom is 0.348 e. The highest BCUT2D eigenvalue weighted by atomic mass is 35.5. The second-order valence-corrected chi connectivity index (χ2v) is 11.3. The molecule has 4 fully saturated rings. The first-order valence-electron chi connectivity index (χ1n) is 13.1. The predicted molar refractivity (Wildman–Crippen MR) is 132 cm³/mol. The Balaban J connectivity index is 1.34. The van der Waals surface area contributed by atoms with E-state index in [0.29, 0.717) is 18.5 Å². The molecule has 0 amide bonds. The van der Waals surface area contributed by atoms with Gasteiger partial charge in [-0.1, -0.05) is 85.6 Å². The number of rotatable bonds is 8. The molecule has 4 nitrogen and oxygen atoms in total. The summed E-state index contributed by atoms with van der Waals surface area (Å²) in [6.07, 6.45) is 7.68. The topological polar surface area (TPSA) is 35.5 Å². The highest BCUT2D eigenvalue weighted by Gasteiger charge is 2.86. The van der Waals surface area contributed by atoms with Crippen LogP contribution in [0.3, 0.4) is 0 Å². The van der Waals surface area contributed by atoms with Crippen LogP contribution in [0.25, 0.3) is 0 Å². The number of carbonyl (C=O) groups excluding carboxylic acids is 1. The van der Waals surface area contributed by atoms with E-state index >= 15 is 0 Å². The number of quaternary nitrogens is 1. The number of halogens is 1. The minimum Gasteiger partial charge on any atom is -0.458 e. The number of carbonyl (C=O) groups is 1. The summed E-state index contributed by atoms with van der Waals surface area (Å²) in [5.74, 6) is -0.324. The second kappa shape index (κ2) is 8.36. The van der Waals surface area contributed by atoms with Crippen molar-refractivity contribution < 1.29 is 18.8 Å². The largest absolute Gasteiger partial charge is 0.458 e. The predicted octanol–water partition coefficient (Wildman–Crippen LogP) is 5.77. The summed E-state index contributed by atoms with van der Waals surface area (Å²) in [6.45, 7) is 4.72. The van der Waals surface area contributed by atoms with Crippen molar-refractivity contribution in [2.24, 2.45) is 5.41 Å². The van der Waals surface area contributed by atoms with Crippen molar-refractivity contribution in [1.82, 2.24) is 0 Å². The quantitative estimate of drug-likeness (QED) is 0.273. The van der Waals surface area contributed by atoms with Gasteiger partial charge >= 0.3 is 5.97 Å². The van der Waals surface area contributed by atoms with Gasteiger partial charge in [-0.2, -0.15) is 0 Å².